The summed E-state index contributed by atoms with van der Waals surface area (Å²) in [6.45, 7) is 4.16. The molecule has 0 unspecified atom stereocenters. The fourth-order valence-corrected chi connectivity index (χ4v) is 1.82. The monoisotopic (exact) mass is 208 g/mol. The summed E-state index contributed by atoms with van der Waals surface area (Å²) in [6, 6.07) is 0.286. The third-order valence-electron chi connectivity index (χ3n) is 3.04. The van der Waals surface area contributed by atoms with Gasteiger partial charge in [0.1, 0.15) is 5.56 Å². The van der Waals surface area contributed by atoms with Gasteiger partial charge in [-0.25, -0.2) is 4.79 Å². The molecule has 0 saturated heterocycles. The van der Waals surface area contributed by atoms with Gasteiger partial charge in [-0.05, 0) is 26.2 Å². The number of aromatic carboxylic acids is 1. The van der Waals surface area contributed by atoms with Crippen LogP contribution in [0.2, 0.25) is 0 Å². The quantitative estimate of drug-likeness (QED) is 0.826. The van der Waals surface area contributed by atoms with Gasteiger partial charge in [-0.1, -0.05) is 6.92 Å². The molecule has 1 saturated carbocycles. The minimum atomic E-state index is -0.855. The highest BCUT2D eigenvalue weighted by Gasteiger charge is 2.33. The predicted molar refractivity (Wildman–Crippen MR) is 56.2 cm³/mol. The number of hydrogen-bond acceptors (Lipinski definition) is 2. The van der Waals surface area contributed by atoms with Gasteiger partial charge in [-0.2, -0.15) is 5.10 Å². The van der Waals surface area contributed by atoms with Crippen molar-refractivity contribution < 1.29 is 9.90 Å². The van der Waals surface area contributed by atoms with E-state index < -0.39 is 5.97 Å². The number of carboxylic acid groups (broad SMARTS) is 1. The van der Waals surface area contributed by atoms with Crippen molar-refractivity contribution in [3.63, 3.8) is 0 Å². The summed E-state index contributed by atoms with van der Waals surface area (Å²) in [5.74, 6) is -0.431. The molecule has 0 radical (unpaired) electrons. The first-order chi connectivity index (χ1) is 7.15. The second-order valence-corrected chi connectivity index (χ2v) is 4.22. The van der Waals surface area contributed by atoms with Crippen molar-refractivity contribution in [3.8, 4) is 0 Å². The van der Waals surface area contributed by atoms with Crippen molar-refractivity contribution >= 4 is 5.97 Å². The molecular weight excluding hydrogens is 192 g/mol. The van der Waals surface area contributed by atoms with E-state index in [9.17, 15) is 4.79 Å². The summed E-state index contributed by atoms with van der Waals surface area (Å²) < 4.78 is 1.89. The normalized spacial score (nSPS) is 17.7. The summed E-state index contributed by atoms with van der Waals surface area (Å²) in [6.07, 6.45) is 4.66. The SMILES string of the molecule is CC[C@H](C)n1ncc(C(=O)O)c1C1CC1. The molecule has 0 aromatic carbocycles. The highest BCUT2D eigenvalue weighted by Crippen LogP contribution is 2.42. The van der Waals surface area contributed by atoms with Crippen LogP contribution in [0.1, 0.15) is 61.1 Å². The maximum Gasteiger partial charge on any atom is 0.339 e. The van der Waals surface area contributed by atoms with E-state index in [0.717, 1.165) is 25.0 Å². The van der Waals surface area contributed by atoms with Crippen LogP contribution >= 0.6 is 0 Å². The number of aromatic nitrogens is 2. The number of hydrogen-bond donors (Lipinski definition) is 1. The van der Waals surface area contributed by atoms with Crippen LogP contribution in [0.3, 0.4) is 0 Å². The molecule has 0 amide bonds. The lowest BCUT2D eigenvalue weighted by atomic mass is 10.1. The lowest BCUT2D eigenvalue weighted by Crippen LogP contribution is -2.11. The van der Waals surface area contributed by atoms with E-state index in [0.29, 0.717) is 11.5 Å². The Labute approximate surface area is 88.9 Å². The van der Waals surface area contributed by atoms with E-state index in [1.165, 1.54) is 6.20 Å². The van der Waals surface area contributed by atoms with Crippen LogP contribution in [-0.4, -0.2) is 20.9 Å². The van der Waals surface area contributed by atoms with Crippen LogP contribution in [0.25, 0.3) is 0 Å². The maximum atomic E-state index is 11.0. The van der Waals surface area contributed by atoms with Gasteiger partial charge in [-0.3, -0.25) is 4.68 Å². The molecule has 82 valence electrons. The smallest absolute Gasteiger partial charge is 0.339 e. The van der Waals surface area contributed by atoms with E-state index in [2.05, 4.69) is 18.9 Å². The Hall–Kier alpha value is -1.32. The molecule has 1 aromatic heterocycles. The topological polar surface area (TPSA) is 55.1 Å². The third kappa shape index (κ3) is 1.76. The molecule has 1 atom stereocenters. The molecule has 4 heteroatoms. The first-order valence-corrected chi connectivity index (χ1v) is 5.45. The van der Waals surface area contributed by atoms with Gasteiger partial charge in [-0.15, -0.1) is 0 Å². The minimum absolute atomic E-state index is 0.286. The summed E-state index contributed by atoms with van der Waals surface area (Å²) in [5.41, 5.74) is 1.31. The van der Waals surface area contributed by atoms with E-state index in [4.69, 9.17) is 5.11 Å². The number of nitrogens with zero attached hydrogens (tertiary/aromatic N) is 2. The molecule has 2 rings (SSSR count). The molecule has 1 aliphatic rings. The lowest BCUT2D eigenvalue weighted by Gasteiger charge is -2.13. The van der Waals surface area contributed by atoms with Crippen molar-refractivity contribution in [2.45, 2.75) is 45.1 Å². The van der Waals surface area contributed by atoms with Crippen LogP contribution in [0, 0.1) is 0 Å². The second-order valence-electron chi connectivity index (χ2n) is 4.22. The van der Waals surface area contributed by atoms with Crippen LogP contribution in [0.15, 0.2) is 6.20 Å². The lowest BCUT2D eigenvalue weighted by molar-refractivity contribution is 0.0695. The van der Waals surface area contributed by atoms with Crippen LogP contribution in [-0.2, 0) is 0 Å². The van der Waals surface area contributed by atoms with E-state index in [1.807, 2.05) is 4.68 Å². The van der Waals surface area contributed by atoms with Crippen LogP contribution < -0.4 is 0 Å². The zero-order chi connectivity index (χ0) is 11.0. The van der Waals surface area contributed by atoms with Gasteiger partial charge in [0.05, 0.1) is 11.9 Å². The molecule has 1 heterocycles. The summed E-state index contributed by atoms with van der Waals surface area (Å²) in [5, 5.41) is 13.3. The molecule has 0 aliphatic heterocycles. The molecule has 1 aliphatic carbocycles. The van der Waals surface area contributed by atoms with Crippen molar-refractivity contribution in [1.29, 1.82) is 0 Å². The summed E-state index contributed by atoms with van der Waals surface area (Å²) in [4.78, 5) is 11.0. The standard InChI is InChI=1S/C11H16N2O2/c1-3-7(2)13-10(8-4-5-8)9(6-12-13)11(14)15/h6-8H,3-5H2,1-2H3,(H,14,15)/t7-/m0/s1. The molecule has 1 N–H and O–H groups in total. The van der Waals surface area contributed by atoms with Gasteiger partial charge in [0.15, 0.2) is 0 Å². The Kier molecular flexibility index (Phi) is 2.50. The van der Waals surface area contributed by atoms with Crippen molar-refractivity contribution in [2.24, 2.45) is 0 Å². The number of carboxylic acids is 1. The zero-order valence-corrected chi connectivity index (χ0v) is 9.10. The minimum Gasteiger partial charge on any atom is -0.478 e. The average molecular weight is 208 g/mol. The molecule has 4 nitrogen and oxygen atoms in total. The van der Waals surface area contributed by atoms with E-state index in [-0.39, 0.29) is 6.04 Å². The average Bonchev–Trinajstić information content (AvgIpc) is 2.95. The second kappa shape index (κ2) is 3.68. The van der Waals surface area contributed by atoms with E-state index in [1.54, 1.807) is 0 Å². The zero-order valence-electron chi connectivity index (χ0n) is 9.10. The van der Waals surface area contributed by atoms with Gasteiger partial charge >= 0.3 is 5.97 Å². The molecular formula is C11H16N2O2. The summed E-state index contributed by atoms with van der Waals surface area (Å²) >= 11 is 0. The molecule has 15 heavy (non-hydrogen) atoms. The summed E-state index contributed by atoms with van der Waals surface area (Å²) in [7, 11) is 0. The Morgan fingerprint density at radius 2 is 2.40 bits per heavy atom. The van der Waals surface area contributed by atoms with Gasteiger partial charge < -0.3 is 5.11 Å². The van der Waals surface area contributed by atoms with Crippen molar-refractivity contribution in [2.75, 3.05) is 0 Å². The van der Waals surface area contributed by atoms with Gasteiger partial charge in [0.25, 0.3) is 0 Å². The van der Waals surface area contributed by atoms with Crippen LogP contribution in [0.5, 0.6) is 0 Å². The Balaban J connectivity index is 2.42. The Morgan fingerprint density at radius 3 is 2.87 bits per heavy atom. The van der Waals surface area contributed by atoms with Crippen molar-refractivity contribution in [3.05, 3.63) is 17.5 Å². The maximum absolute atomic E-state index is 11.0. The predicted octanol–water partition coefficient (Wildman–Crippen LogP) is 2.43. The Morgan fingerprint density at radius 1 is 1.73 bits per heavy atom. The fraction of sp³-hybridized carbons (Fsp3) is 0.636. The largest absolute Gasteiger partial charge is 0.478 e. The first kappa shape index (κ1) is 10.2. The van der Waals surface area contributed by atoms with Gasteiger partial charge in [0.2, 0.25) is 0 Å². The molecule has 1 fully saturated rings. The highest BCUT2D eigenvalue weighted by atomic mass is 16.4. The first-order valence-electron chi connectivity index (χ1n) is 5.45. The third-order valence-corrected chi connectivity index (χ3v) is 3.04. The molecule has 0 bridgehead atoms. The fourth-order valence-electron chi connectivity index (χ4n) is 1.82. The van der Waals surface area contributed by atoms with Crippen LogP contribution in [0.4, 0.5) is 0 Å². The van der Waals surface area contributed by atoms with Gasteiger partial charge in [0, 0.05) is 12.0 Å². The number of carbonyl (C=O) groups is 1. The number of rotatable bonds is 4. The Bertz CT molecular complexity index is 380. The highest BCUT2D eigenvalue weighted by molar-refractivity contribution is 5.89. The molecule has 1 aromatic rings. The van der Waals surface area contributed by atoms with Crippen molar-refractivity contribution in [1.82, 2.24) is 9.78 Å². The molecule has 0 spiro atoms. The van der Waals surface area contributed by atoms with E-state index >= 15 is 0 Å².